The van der Waals surface area contributed by atoms with E-state index in [1.807, 2.05) is 30.3 Å². The summed E-state index contributed by atoms with van der Waals surface area (Å²) in [5, 5.41) is 3.77. The fourth-order valence-electron chi connectivity index (χ4n) is 2.85. The van der Waals surface area contributed by atoms with E-state index < -0.39 is 10.0 Å². The molecule has 0 N–H and O–H groups in total. The van der Waals surface area contributed by atoms with Crippen LogP contribution in [0.1, 0.15) is 17.9 Å². The average molecular weight is 421 g/mol. The van der Waals surface area contributed by atoms with Gasteiger partial charge >= 0.3 is 0 Å². The number of benzene rings is 2. The van der Waals surface area contributed by atoms with Crippen molar-refractivity contribution in [1.82, 2.24) is 5.16 Å². The first-order valence-electron chi connectivity index (χ1n) is 8.78. The second-order valence-corrected chi connectivity index (χ2v) is 8.36. The molecule has 0 radical (unpaired) electrons. The van der Waals surface area contributed by atoms with E-state index in [4.69, 9.17) is 20.9 Å². The van der Waals surface area contributed by atoms with Crippen molar-refractivity contribution >= 4 is 27.3 Å². The van der Waals surface area contributed by atoms with Crippen LogP contribution in [0.2, 0.25) is 0 Å². The lowest BCUT2D eigenvalue weighted by Gasteiger charge is -2.24. The van der Waals surface area contributed by atoms with E-state index in [0.29, 0.717) is 35.2 Å². The highest BCUT2D eigenvalue weighted by atomic mass is 35.5. The van der Waals surface area contributed by atoms with Crippen LogP contribution in [-0.4, -0.2) is 26.0 Å². The fourth-order valence-corrected chi connectivity index (χ4v) is 4.77. The van der Waals surface area contributed by atoms with E-state index in [-0.39, 0.29) is 17.2 Å². The molecule has 0 spiro atoms. The molecule has 0 saturated heterocycles. The molecule has 8 heteroatoms. The number of aryl methyl sites for hydroxylation is 2. The zero-order valence-electron chi connectivity index (χ0n) is 15.6. The standard InChI is InChI=1S/C20H21ClN2O4S/c1-15-20(16(2)27-22-15)28(24,25)23(14-6-13-21)17-9-11-19(12-10-17)26-18-7-4-3-5-8-18/h3-5,7-12H,6,13-14H2,1-2H3. The molecule has 2 aromatic carbocycles. The molecule has 6 nitrogen and oxygen atoms in total. The minimum absolute atomic E-state index is 0.0895. The summed E-state index contributed by atoms with van der Waals surface area (Å²) in [6.45, 7) is 3.44. The first kappa shape index (κ1) is 20.2. The van der Waals surface area contributed by atoms with Crippen LogP contribution in [0.25, 0.3) is 0 Å². The normalized spacial score (nSPS) is 11.4. The van der Waals surface area contributed by atoms with Crippen LogP contribution in [0.15, 0.2) is 64.0 Å². The Bertz CT molecular complexity index is 999. The third-order valence-corrected chi connectivity index (χ3v) is 6.45. The maximum atomic E-state index is 13.3. The lowest BCUT2D eigenvalue weighted by atomic mass is 10.3. The Morgan fingerprint density at radius 1 is 1.04 bits per heavy atom. The number of sulfonamides is 1. The summed E-state index contributed by atoms with van der Waals surface area (Å²) in [5.74, 6) is 1.93. The minimum atomic E-state index is -3.84. The highest BCUT2D eigenvalue weighted by Gasteiger charge is 2.31. The summed E-state index contributed by atoms with van der Waals surface area (Å²) in [7, 11) is -3.84. The van der Waals surface area contributed by atoms with Gasteiger partial charge in [-0.15, -0.1) is 11.6 Å². The topological polar surface area (TPSA) is 72.6 Å². The van der Waals surface area contributed by atoms with Crippen molar-refractivity contribution in [1.29, 1.82) is 0 Å². The van der Waals surface area contributed by atoms with E-state index in [2.05, 4.69) is 5.16 Å². The molecule has 3 aromatic rings. The number of halogens is 1. The third-order valence-electron chi connectivity index (χ3n) is 4.11. The van der Waals surface area contributed by atoms with Gasteiger partial charge in [-0.25, -0.2) is 8.42 Å². The predicted molar refractivity (Wildman–Crippen MR) is 109 cm³/mol. The monoisotopic (exact) mass is 420 g/mol. The highest BCUT2D eigenvalue weighted by Crippen LogP contribution is 2.30. The number of ether oxygens (including phenoxy) is 1. The molecule has 3 rings (SSSR count). The Labute approximate surface area is 169 Å². The van der Waals surface area contributed by atoms with E-state index in [9.17, 15) is 8.42 Å². The summed E-state index contributed by atoms with van der Waals surface area (Å²) in [5.41, 5.74) is 0.850. The second kappa shape index (κ2) is 8.67. The van der Waals surface area contributed by atoms with Crippen LogP contribution in [-0.2, 0) is 10.0 Å². The highest BCUT2D eigenvalue weighted by molar-refractivity contribution is 7.93. The van der Waals surface area contributed by atoms with Gasteiger partial charge in [0.05, 0.1) is 5.69 Å². The van der Waals surface area contributed by atoms with Crippen molar-refractivity contribution in [3.63, 3.8) is 0 Å². The van der Waals surface area contributed by atoms with Gasteiger partial charge in [0.15, 0.2) is 10.7 Å². The molecular formula is C20H21ClN2O4S. The van der Waals surface area contributed by atoms with Crippen molar-refractivity contribution in [2.45, 2.75) is 25.2 Å². The quantitative estimate of drug-likeness (QED) is 0.484. The number of rotatable bonds is 8. The predicted octanol–water partition coefficient (Wildman–Crippen LogP) is 4.91. The Balaban J connectivity index is 1.91. The van der Waals surface area contributed by atoms with Gasteiger partial charge in [-0.1, -0.05) is 23.4 Å². The molecule has 0 fully saturated rings. The van der Waals surface area contributed by atoms with Crippen LogP contribution in [0.3, 0.4) is 0 Å². The van der Waals surface area contributed by atoms with Crippen LogP contribution in [0, 0.1) is 13.8 Å². The molecular weight excluding hydrogens is 400 g/mol. The zero-order valence-corrected chi connectivity index (χ0v) is 17.2. The van der Waals surface area contributed by atoms with Crippen LogP contribution in [0.5, 0.6) is 11.5 Å². The minimum Gasteiger partial charge on any atom is -0.457 e. The van der Waals surface area contributed by atoms with E-state index in [1.54, 1.807) is 38.1 Å². The number of nitrogens with zero attached hydrogens (tertiary/aromatic N) is 2. The lowest BCUT2D eigenvalue weighted by Crippen LogP contribution is -2.32. The number of hydrogen-bond donors (Lipinski definition) is 0. The van der Waals surface area contributed by atoms with E-state index >= 15 is 0 Å². The molecule has 28 heavy (non-hydrogen) atoms. The van der Waals surface area contributed by atoms with Gasteiger partial charge in [0.2, 0.25) is 0 Å². The fraction of sp³-hybridized carbons (Fsp3) is 0.250. The number of alkyl halides is 1. The third kappa shape index (κ3) is 4.31. The molecule has 0 aliphatic carbocycles. The first-order chi connectivity index (χ1) is 13.4. The van der Waals surface area contributed by atoms with Gasteiger partial charge in [0.1, 0.15) is 17.2 Å². The molecule has 0 unspecified atom stereocenters. The van der Waals surface area contributed by atoms with Crippen molar-refractivity contribution in [2.75, 3.05) is 16.7 Å². The van der Waals surface area contributed by atoms with Gasteiger partial charge in [0, 0.05) is 12.4 Å². The largest absolute Gasteiger partial charge is 0.457 e. The molecule has 0 bridgehead atoms. The molecule has 0 aliphatic rings. The molecule has 0 atom stereocenters. The van der Waals surface area contributed by atoms with Crippen LogP contribution >= 0.6 is 11.6 Å². The Kier molecular flexibility index (Phi) is 6.26. The maximum Gasteiger partial charge on any atom is 0.269 e. The smallest absolute Gasteiger partial charge is 0.269 e. The summed E-state index contributed by atoms with van der Waals surface area (Å²) in [6, 6.07) is 16.3. The molecule has 0 saturated carbocycles. The number of anilines is 1. The molecule has 1 aromatic heterocycles. The van der Waals surface area contributed by atoms with Gasteiger partial charge in [-0.2, -0.15) is 0 Å². The van der Waals surface area contributed by atoms with Crippen LogP contribution < -0.4 is 9.04 Å². The van der Waals surface area contributed by atoms with Gasteiger partial charge in [-0.3, -0.25) is 4.31 Å². The van der Waals surface area contributed by atoms with E-state index in [0.717, 1.165) is 0 Å². The van der Waals surface area contributed by atoms with Gasteiger partial charge in [-0.05, 0) is 56.7 Å². The molecule has 1 heterocycles. The second-order valence-electron chi connectivity index (χ2n) is 6.18. The summed E-state index contributed by atoms with van der Waals surface area (Å²) in [4.78, 5) is 0.0895. The Morgan fingerprint density at radius 2 is 1.68 bits per heavy atom. The maximum absolute atomic E-state index is 13.3. The van der Waals surface area contributed by atoms with Crippen molar-refractivity contribution in [2.24, 2.45) is 0 Å². The lowest BCUT2D eigenvalue weighted by molar-refractivity contribution is 0.390. The van der Waals surface area contributed by atoms with Crippen molar-refractivity contribution in [3.05, 3.63) is 66.1 Å². The number of hydrogen-bond acceptors (Lipinski definition) is 5. The summed E-state index contributed by atoms with van der Waals surface area (Å²) >= 11 is 5.81. The SMILES string of the molecule is Cc1noc(C)c1S(=O)(=O)N(CCCCl)c1ccc(Oc2ccccc2)cc1. The van der Waals surface area contributed by atoms with E-state index in [1.165, 1.54) is 4.31 Å². The Hall–Kier alpha value is -2.51. The summed E-state index contributed by atoms with van der Waals surface area (Å²) in [6.07, 6.45) is 0.506. The average Bonchev–Trinajstić information content (AvgIpc) is 3.03. The summed E-state index contributed by atoms with van der Waals surface area (Å²) < 4.78 is 38.7. The van der Waals surface area contributed by atoms with Gasteiger partial charge < -0.3 is 9.26 Å². The number of aromatic nitrogens is 1. The first-order valence-corrected chi connectivity index (χ1v) is 10.8. The van der Waals surface area contributed by atoms with Crippen LogP contribution in [0.4, 0.5) is 5.69 Å². The molecule has 0 amide bonds. The zero-order chi connectivity index (χ0) is 20.1. The molecule has 148 valence electrons. The Morgan fingerprint density at radius 3 is 2.25 bits per heavy atom. The molecule has 0 aliphatic heterocycles. The number of para-hydroxylation sites is 1. The van der Waals surface area contributed by atoms with Crippen molar-refractivity contribution in [3.8, 4) is 11.5 Å². The van der Waals surface area contributed by atoms with Gasteiger partial charge in [0.25, 0.3) is 10.0 Å². The van der Waals surface area contributed by atoms with Crippen molar-refractivity contribution < 1.29 is 17.7 Å².